The van der Waals surface area contributed by atoms with Gasteiger partial charge in [0, 0.05) is 69.6 Å². The van der Waals surface area contributed by atoms with Crippen LogP contribution in [0.1, 0.15) is 35.6 Å². The number of hydrogen-bond acceptors (Lipinski definition) is 8. The lowest BCUT2D eigenvalue weighted by Crippen LogP contribution is -2.47. The van der Waals surface area contributed by atoms with Gasteiger partial charge >= 0.3 is 0 Å². The molecule has 4 rings (SSSR count). The maximum Gasteiger partial charge on any atom is 0.168 e. The number of benzene rings is 1. The highest BCUT2D eigenvalue weighted by molar-refractivity contribution is 6.14. The van der Waals surface area contributed by atoms with Gasteiger partial charge in [0.2, 0.25) is 0 Å². The van der Waals surface area contributed by atoms with Crippen LogP contribution in [-0.2, 0) is 4.79 Å². The van der Waals surface area contributed by atoms with Gasteiger partial charge in [0.05, 0.1) is 29.9 Å². The Hall–Kier alpha value is -2.68. The zero-order valence-corrected chi connectivity index (χ0v) is 19.5. The van der Waals surface area contributed by atoms with E-state index < -0.39 is 0 Å². The first-order valence-corrected chi connectivity index (χ1v) is 11.7. The minimum Gasteiger partial charge on any atom is -0.511 e. The van der Waals surface area contributed by atoms with Gasteiger partial charge in [-0.2, -0.15) is 0 Å². The van der Waals surface area contributed by atoms with Crippen molar-refractivity contribution in [1.82, 2.24) is 19.8 Å². The fraction of sp³-hybridized carbons (Fsp3) is 0.520. The number of carbonyl (C=O) groups is 1. The van der Waals surface area contributed by atoms with Crippen molar-refractivity contribution in [2.24, 2.45) is 4.99 Å². The largest absolute Gasteiger partial charge is 0.511 e. The molecule has 1 atom stereocenters. The van der Waals surface area contributed by atoms with E-state index in [1.165, 1.54) is 11.9 Å². The van der Waals surface area contributed by atoms with Crippen molar-refractivity contribution in [2.45, 2.75) is 32.6 Å². The van der Waals surface area contributed by atoms with Gasteiger partial charge < -0.3 is 10.2 Å². The highest BCUT2D eigenvalue weighted by atomic mass is 16.3. The third kappa shape index (κ3) is 5.46. The zero-order valence-electron chi connectivity index (χ0n) is 19.5. The number of ketones is 1. The number of allylic oxidation sites excluding steroid dienone is 2. The van der Waals surface area contributed by atoms with Crippen LogP contribution in [0.3, 0.4) is 0 Å². The third-order valence-electron chi connectivity index (χ3n) is 6.80. The van der Waals surface area contributed by atoms with Crippen LogP contribution in [0.25, 0.3) is 10.9 Å². The van der Waals surface area contributed by atoms with Crippen molar-refractivity contribution in [2.75, 3.05) is 52.4 Å². The Balaban J connectivity index is 1.39. The molecule has 1 aromatic heterocycles. The van der Waals surface area contributed by atoms with Crippen LogP contribution in [0.2, 0.25) is 0 Å². The summed E-state index contributed by atoms with van der Waals surface area (Å²) in [6.45, 7) is 10.3. The molecule has 2 N–H and O–H groups in total. The van der Waals surface area contributed by atoms with Gasteiger partial charge in [-0.3, -0.25) is 19.6 Å². The molecule has 1 aromatic carbocycles. The van der Waals surface area contributed by atoms with Crippen LogP contribution in [0.15, 0.2) is 34.8 Å². The van der Waals surface area contributed by atoms with Crippen molar-refractivity contribution in [3.8, 4) is 0 Å². The molecule has 0 amide bonds. The van der Waals surface area contributed by atoms with Crippen LogP contribution in [0, 0.1) is 13.8 Å². The molecule has 1 aliphatic carbocycles. The number of aliphatic hydroxyl groups excluding tert-OH is 2. The van der Waals surface area contributed by atoms with Crippen molar-refractivity contribution >= 4 is 22.9 Å². The summed E-state index contributed by atoms with van der Waals surface area (Å²) in [4.78, 5) is 30.7. The van der Waals surface area contributed by atoms with Crippen LogP contribution in [-0.4, -0.2) is 94.4 Å². The number of Topliss-reactive ketones (excluding diaryl/α,β-unsaturated/α-hetero) is 1. The summed E-state index contributed by atoms with van der Waals surface area (Å²) in [6, 6.07) is 4.12. The van der Waals surface area contributed by atoms with Crippen molar-refractivity contribution in [1.29, 1.82) is 0 Å². The van der Waals surface area contributed by atoms with Gasteiger partial charge in [-0.25, -0.2) is 9.97 Å². The summed E-state index contributed by atoms with van der Waals surface area (Å²) in [5.41, 5.74) is 4.33. The van der Waals surface area contributed by atoms with Crippen molar-refractivity contribution < 1.29 is 15.0 Å². The Morgan fingerprint density at radius 3 is 2.45 bits per heavy atom. The van der Waals surface area contributed by atoms with Crippen LogP contribution >= 0.6 is 0 Å². The maximum absolute atomic E-state index is 12.9. The number of β-amino-alcohol motifs (C(OH)–C–C–N with tert-alkyl or cyclic N) is 1. The average Bonchev–Trinajstić information content (AvgIpc) is 2.79. The molecule has 8 heteroatoms. The second-order valence-corrected chi connectivity index (χ2v) is 9.04. The number of aromatic nitrogens is 2. The number of hydrogen-bond donors (Lipinski definition) is 2. The number of rotatable bonds is 7. The Kier molecular flexibility index (Phi) is 7.47. The Bertz CT molecular complexity index is 1070. The van der Waals surface area contributed by atoms with Crippen LogP contribution < -0.4 is 0 Å². The minimum atomic E-state index is -0.169. The molecule has 0 saturated carbocycles. The molecular weight excluding hydrogens is 418 g/mol. The maximum atomic E-state index is 12.9. The summed E-state index contributed by atoms with van der Waals surface area (Å²) < 4.78 is 0. The minimum absolute atomic E-state index is 0.0909. The third-order valence-corrected chi connectivity index (χ3v) is 6.80. The average molecular weight is 452 g/mol. The van der Waals surface area contributed by atoms with E-state index in [-0.39, 0.29) is 24.1 Å². The lowest BCUT2D eigenvalue weighted by molar-refractivity contribution is -0.116. The number of aliphatic imine (C=N–C) groups is 1. The van der Waals surface area contributed by atoms with E-state index in [0.29, 0.717) is 25.0 Å². The predicted octanol–water partition coefficient (Wildman–Crippen LogP) is 2.19. The fourth-order valence-electron chi connectivity index (χ4n) is 4.64. The van der Waals surface area contributed by atoms with E-state index in [1.807, 2.05) is 6.07 Å². The number of fused-ring (bicyclic) bond motifs is 1. The first kappa shape index (κ1) is 23.5. The van der Waals surface area contributed by atoms with Crippen LogP contribution in [0.5, 0.6) is 0 Å². The predicted molar refractivity (Wildman–Crippen MR) is 129 cm³/mol. The van der Waals surface area contributed by atoms with Gasteiger partial charge in [-0.1, -0.05) is 0 Å². The fourth-order valence-corrected chi connectivity index (χ4v) is 4.64. The highest BCUT2D eigenvalue weighted by Crippen LogP contribution is 2.35. The lowest BCUT2D eigenvalue weighted by Gasteiger charge is -2.33. The van der Waals surface area contributed by atoms with Gasteiger partial charge in [0.15, 0.2) is 5.78 Å². The first-order chi connectivity index (χ1) is 16.0. The Labute approximate surface area is 194 Å². The second kappa shape index (κ2) is 10.5. The molecule has 33 heavy (non-hydrogen) atoms. The molecule has 1 fully saturated rings. The number of aryl methyl sites for hydroxylation is 2. The smallest absolute Gasteiger partial charge is 0.168 e. The molecule has 2 heterocycles. The molecular formula is C25H33N5O3. The van der Waals surface area contributed by atoms with E-state index in [4.69, 9.17) is 5.11 Å². The SMILES string of the molecule is Cc1cc2ncnc(C3CC(=O)C(C=NCCN4CCN(CCO)CC4)=C(O)C3)c2cc1C. The number of piperazine rings is 1. The Morgan fingerprint density at radius 2 is 1.76 bits per heavy atom. The molecule has 0 bridgehead atoms. The number of carbonyl (C=O) groups excluding carboxylic acids is 1. The normalized spacial score (nSPS) is 20.9. The molecule has 0 radical (unpaired) electrons. The van der Waals surface area contributed by atoms with Gasteiger partial charge in [-0.15, -0.1) is 0 Å². The summed E-state index contributed by atoms with van der Waals surface area (Å²) in [5, 5.41) is 20.6. The number of aliphatic hydroxyl groups is 2. The van der Waals surface area contributed by atoms with Gasteiger partial charge in [-0.05, 0) is 37.1 Å². The summed E-state index contributed by atoms with van der Waals surface area (Å²) >= 11 is 0. The molecule has 8 nitrogen and oxygen atoms in total. The molecule has 1 aliphatic heterocycles. The second-order valence-electron chi connectivity index (χ2n) is 9.04. The topological polar surface area (TPSA) is 102 Å². The van der Waals surface area contributed by atoms with E-state index in [9.17, 15) is 9.90 Å². The zero-order chi connectivity index (χ0) is 23.4. The monoisotopic (exact) mass is 451 g/mol. The quantitative estimate of drug-likeness (QED) is 0.622. The molecule has 176 valence electrons. The Morgan fingerprint density at radius 1 is 1.06 bits per heavy atom. The first-order valence-electron chi connectivity index (χ1n) is 11.7. The lowest BCUT2D eigenvalue weighted by atomic mass is 9.84. The highest BCUT2D eigenvalue weighted by Gasteiger charge is 2.30. The van der Waals surface area contributed by atoms with E-state index >= 15 is 0 Å². The summed E-state index contributed by atoms with van der Waals surface area (Å²) in [6.07, 6.45) is 3.76. The molecule has 0 spiro atoms. The van der Waals surface area contributed by atoms with Crippen molar-refractivity contribution in [3.63, 3.8) is 0 Å². The molecule has 2 aromatic rings. The summed E-state index contributed by atoms with van der Waals surface area (Å²) in [7, 11) is 0. The van der Waals surface area contributed by atoms with E-state index in [0.717, 1.165) is 61.4 Å². The van der Waals surface area contributed by atoms with Crippen molar-refractivity contribution in [3.05, 3.63) is 46.6 Å². The van der Waals surface area contributed by atoms with Crippen LogP contribution in [0.4, 0.5) is 0 Å². The molecule has 1 saturated heterocycles. The summed E-state index contributed by atoms with van der Waals surface area (Å²) in [5.74, 6) is -0.175. The molecule has 1 unspecified atom stereocenters. The van der Waals surface area contributed by atoms with E-state index in [1.54, 1.807) is 6.21 Å². The van der Waals surface area contributed by atoms with Gasteiger partial charge in [0.1, 0.15) is 12.1 Å². The number of nitrogens with zero attached hydrogens (tertiary/aromatic N) is 5. The van der Waals surface area contributed by atoms with E-state index in [2.05, 4.69) is 44.7 Å². The standard InChI is InChI=1S/C25H33N5O3/c1-17-11-20-22(12-18(17)2)27-16-28-25(20)19-13-23(32)21(24(33)14-19)15-26-3-4-29-5-7-30(8-6-29)9-10-31/h11-12,15-16,19,31-32H,3-10,13-14H2,1-2H3. The molecule has 2 aliphatic rings. The van der Waals surface area contributed by atoms with Gasteiger partial charge in [0.25, 0.3) is 0 Å².